The van der Waals surface area contributed by atoms with E-state index < -0.39 is 23.2 Å². The van der Waals surface area contributed by atoms with Crippen molar-refractivity contribution in [1.82, 2.24) is 4.90 Å². The van der Waals surface area contributed by atoms with E-state index >= 15 is 0 Å². The molecule has 3 rings (SSSR count). The van der Waals surface area contributed by atoms with Crippen LogP contribution in [0.4, 0.5) is 4.79 Å². The second kappa shape index (κ2) is 9.55. The van der Waals surface area contributed by atoms with Crippen LogP contribution in [0, 0.1) is 0 Å². The van der Waals surface area contributed by atoms with E-state index in [1.807, 2.05) is 0 Å². The van der Waals surface area contributed by atoms with Crippen LogP contribution in [-0.2, 0) is 20.9 Å². The fourth-order valence-electron chi connectivity index (χ4n) is 2.70. The van der Waals surface area contributed by atoms with Crippen molar-refractivity contribution in [2.24, 2.45) is 0 Å². The molecule has 1 aliphatic heterocycles. The molecule has 1 aliphatic rings. The van der Waals surface area contributed by atoms with Gasteiger partial charge >= 0.3 is 5.97 Å². The van der Waals surface area contributed by atoms with Crippen molar-refractivity contribution in [3.05, 3.63) is 68.5 Å². The Labute approximate surface area is 187 Å². The Balaban J connectivity index is 1.67. The summed E-state index contributed by atoms with van der Waals surface area (Å²) in [6.07, 6.45) is 1.59. The van der Waals surface area contributed by atoms with E-state index in [4.69, 9.17) is 27.9 Å². The minimum absolute atomic E-state index is 0.234. The number of carbonyl (C=O) groups excluding carboxylic acids is 3. The van der Waals surface area contributed by atoms with Crippen molar-refractivity contribution >= 4 is 58.2 Å². The van der Waals surface area contributed by atoms with Gasteiger partial charge in [0.25, 0.3) is 11.1 Å². The smallest absolute Gasteiger partial charge is 0.328 e. The van der Waals surface area contributed by atoms with Gasteiger partial charge in [0.15, 0.2) is 0 Å². The Morgan fingerprint density at radius 2 is 1.87 bits per heavy atom. The number of rotatable bonds is 6. The molecule has 0 bridgehead atoms. The number of methoxy groups -OCH3 is 1. The second-order valence-corrected chi connectivity index (χ2v) is 8.18. The summed E-state index contributed by atoms with van der Waals surface area (Å²) in [5.74, 6) is -0.563. The fraction of sp³-hybridized carbons (Fsp3) is 0.190. The van der Waals surface area contributed by atoms with Gasteiger partial charge in [-0.3, -0.25) is 14.5 Å². The van der Waals surface area contributed by atoms with E-state index in [1.54, 1.807) is 48.5 Å². The molecule has 2 aromatic carbocycles. The first-order valence-corrected chi connectivity index (χ1v) is 10.4. The van der Waals surface area contributed by atoms with Gasteiger partial charge in [0, 0.05) is 15.6 Å². The predicted octanol–water partition coefficient (Wildman–Crippen LogP) is 5.17. The molecule has 0 spiro atoms. The molecule has 1 fully saturated rings. The van der Waals surface area contributed by atoms with E-state index in [0.717, 1.165) is 22.2 Å². The maximum atomic E-state index is 12.5. The number of benzene rings is 2. The van der Waals surface area contributed by atoms with Gasteiger partial charge < -0.3 is 9.47 Å². The van der Waals surface area contributed by atoms with E-state index in [9.17, 15) is 14.4 Å². The van der Waals surface area contributed by atoms with Crippen LogP contribution >= 0.6 is 35.0 Å². The zero-order valence-corrected chi connectivity index (χ0v) is 18.4. The topological polar surface area (TPSA) is 72.9 Å². The first kappa shape index (κ1) is 22.2. The molecular formula is C21H17Cl2NO5S. The summed E-state index contributed by atoms with van der Waals surface area (Å²) < 4.78 is 10.3. The van der Waals surface area contributed by atoms with Crippen LogP contribution in [0.25, 0.3) is 6.08 Å². The Morgan fingerprint density at radius 3 is 2.50 bits per heavy atom. The summed E-state index contributed by atoms with van der Waals surface area (Å²) in [7, 11) is 1.21. The molecule has 0 aromatic heterocycles. The summed E-state index contributed by atoms with van der Waals surface area (Å²) in [5.41, 5.74) is 1.52. The monoisotopic (exact) mass is 465 g/mol. The van der Waals surface area contributed by atoms with Gasteiger partial charge in [-0.05, 0) is 54.6 Å². The highest BCUT2D eigenvalue weighted by Gasteiger charge is 2.41. The number of nitrogens with zero attached hydrogens (tertiary/aromatic N) is 1. The van der Waals surface area contributed by atoms with Crippen LogP contribution < -0.4 is 4.74 Å². The predicted molar refractivity (Wildman–Crippen MR) is 117 cm³/mol. The lowest BCUT2D eigenvalue weighted by molar-refractivity contribution is -0.148. The van der Waals surface area contributed by atoms with Crippen LogP contribution in [0.3, 0.4) is 0 Å². The molecule has 30 heavy (non-hydrogen) atoms. The highest BCUT2D eigenvalue weighted by Crippen LogP contribution is 2.34. The molecule has 1 atom stereocenters. The largest absolute Gasteiger partial charge is 0.489 e. The number of carbonyl (C=O) groups is 3. The summed E-state index contributed by atoms with van der Waals surface area (Å²) in [6, 6.07) is 11.2. The highest BCUT2D eigenvalue weighted by atomic mass is 35.5. The van der Waals surface area contributed by atoms with Crippen LogP contribution in [0.2, 0.25) is 10.0 Å². The van der Waals surface area contributed by atoms with Crippen molar-refractivity contribution in [3.63, 3.8) is 0 Å². The Bertz CT molecular complexity index is 1020. The van der Waals surface area contributed by atoms with Crippen LogP contribution in [-0.4, -0.2) is 35.2 Å². The van der Waals surface area contributed by atoms with Crippen molar-refractivity contribution in [1.29, 1.82) is 0 Å². The quantitative estimate of drug-likeness (QED) is 0.432. The minimum Gasteiger partial charge on any atom is -0.489 e. The molecule has 2 amide bonds. The molecule has 0 N–H and O–H groups in total. The number of esters is 1. The van der Waals surface area contributed by atoms with Crippen molar-refractivity contribution in [2.45, 2.75) is 19.6 Å². The van der Waals surface area contributed by atoms with Gasteiger partial charge in [0.1, 0.15) is 18.4 Å². The number of thioether (sulfide) groups is 1. The van der Waals surface area contributed by atoms with Gasteiger partial charge in [-0.15, -0.1) is 0 Å². The molecule has 0 aliphatic carbocycles. The van der Waals surface area contributed by atoms with E-state index in [1.165, 1.54) is 14.0 Å². The minimum atomic E-state index is -0.983. The zero-order chi connectivity index (χ0) is 21.8. The third-order valence-electron chi connectivity index (χ3n) is 4.34. The molecule has 0 saturated carbocycles. The third kappa shape index (κ3) is 4.98. The number of ether oxygens (including phenoxy) is 2. The van der Waals surface area contributed by atoms with Crippen LogP contribution in [0.5, 0.6) is 5.75 Å². The van der Waals surface area contributed by atoms with Crippen molar-refractivity contribution < 1.29 is 23.9 Å². The number of halogens is 2. The maximum Gasteiger partial charge on any atom is 0.328 e. The molecule has 0 radical (unpaired) electrons. The Kier molecular flexibility index (Phi) is 7.07. The SMILES string of the molecule is COC(=O)[C@H](C)N1C(=O)S/C(=C/c2ccc(OCc3ccc(Cl)cc3Cl)cc2)C1=O. The van der Waals surface area contributed by atoms with Crippen molar-refractivity contribution in [2.75, 3.05) is 7.11 Å². The molecule has 1 heterocycles. The second-order valence-electron chi connectivity index (χ2n) is 6.34. The van der Waals surface area contributed by atoms with Gasteiger partial charge in [0.2, 0.25) is 0 Å². The van der Waals surface area contributed by atoms with Gasteiger partial charge in [-0.1, -0.05) is 41.4 Å². The zero-order valence-electron chi connectivity index (χ0n) is 16.1. The van der Waals surface area contributed by atoms with E-state index in [-0.39, 0.29) is 11.5 Å². The van der Waals surface area contributed by atoms with E-state index in [2.05, 4.69) is 4.74 Å². The standard InChI is InChI=1S/C21H17Cl2NO5S/c1-12(20(26)28-2)24-19(25)18(30-21(24)27)9-13-3-7-16(8-4-13)29-11-14-5-6-15(22)10-17(14)23/h3-10,12H,11H2,1-2H3/b18-9+/t12-/m0/s1. The van der Waals surface area contributed by atoms with Gasteiger partial charge in [0.05, 0.1) is 12.0 Å². The van der Waals surface area contributed by atoms with E-state index in [0.29, 0.717) is 21.4 Å². The van der Waals surface area contributed by atoms with Gasteiger partial charge in [-0.25, -0.2) is 4.79 Å². The first-order valence-electron chi connectivity index (χ1n) is 8.82. The summed E-state index contributed by atoms with van der Waals surface area (Å²) in [4.78, 5) is 37.5. The lowest BCUT2D eigenvalue weighted by Crippen LogP contribution is -2.42. The molecule has 6 nitrogen and oxygen atoms in total. The number of hydrogen-bond donors (Lipinski definition) is 0. The summed E-state index contributed by atoms with van der Waals surface area (Å²) >= 11 is 12.8. The Hall–Kier alpha value is -2.48. The number of imide groups is 1. The lowest BCUT2D eigenvalue weighted by atomic mass is 10.2. The Morgan fingerprint density at radius 1 is 1.17 bits per heavy atom. The normalized spacial score (nSPS) is 16.1. The molecule has 0 unspecified atom stereocenters. The van der Waals surface area contributed by atoms with Crippen LogP contribution in [0.1, 0.15) is 18.1 Å². The fourth-order valence-corrected chi connectivity index (χ4v) is 4.07. The molecule has 2 aromatic rings. The molecule has 156 valence electrons. The number of amides is 2. The third-order valence-corrected chi connectivity index (χ3v) is 5.81. The summed E-state index contributed by atoms with van der Waals surface area (Å²) in [6.45, 7) is 1.73. The molecular weight excluding hydrogens is 449 g/mol. The average molecular weight is 466 g/mol. The highest BCUT2D eigenvalue weighted by molar-refractivity contribution is 8.18. The van der Waals surface area contributed by atoms with Crippen LogP contribution in [0.15, 0.2) is 47.4 Å². The van der Waals surface area contributed by atoms with Gasteiger partial charge in [-0.2, -0.15) is 0 Å². The molecule has 1 saturated heterocycles. The first-order chi connectivity index (χ1) is 14.3. The average Bonchev–Trinajstić information content (AvgIpc) is 3.00. The number of hydrogen-bond acceptors (Lipinski definition) is 6. The maximum absolute atomic E-state index is 12.5. The summed E-state index contributed by atoms with van der Waals surface area (Å²) in [5, 5.41) is 0.568. The lowest BCUT2D eigenvalue weighted by Gasteiger charge is -2.18. The van der Waals surface area contributed by atoms with Crippen molar-refractivity contribution in [3.8, 4) is 5.75 Å². The molecule has 9 heteroatoms.